The fourth-order valence-electron chi connectivity index (χ4n) is 1.08. The molecule has 1 unspecified atom stereocenters. The molecule has 0 rings (SSSR count). The molecule has 8 nitrogen and oxygen atoms in total. The minimum absolute atomic E-state index is 0.111. The van der Waals surface area contributed by atoms with Crippen molar-refractivity contribution in [2.45, 2.75) is 31.4 Å². The van der Waals surface area contributed by atoms with Gasteiger partial charge in [-0.25, -0.2) is 4.79 Å². The second-order valence-corrected chi connectivity index (χ2v) is 3.48. The Bertz CT molecular complexity index is 293. The van der Waals surface area contributed by atoms with Crippen LogP contribution in [0.2, 0.25) is 0 Å². The molecule has 0 radical (unpaired) electrons. The topological polar surface area (TPSA) is 150 Å². The van der Waals surface area contributed by atoms with Crippen molar-refractivity contribution in [3.05, 3.63) is 0 Å². The average molecular weight is 248 g/mol. The molecule has 0 fully saturated rings. The van der Waals surface area contributed by atoms with Gasteiger partial charge >= 0.3 is 11.9 Å². The first kappa shape index (κ1) is 15.3. The summed E-state index contributed by atoms with van der Waals surface area (Å²) in [6.45, 7) is -0.111. The molecule has 6 N–H and O–H groups in total. The van der Waals surface area contributed by atoms with Crippen molar-refractivity contribution < 1.29 is 29.7 Å². The van der Waals surface area contributed by atoms with Gasteiger partial charge in [0.2, 0.25) is 5.91 Å². The lowest BCUT2D eigenvalue weighted by atomic mass is 10.1. The average Bonchev–Trinajstić information content (AvgIpc) is 2.23. The van der Waals surface area contributed by atoms with Gasteiger partial charge in [-0.2, -0.15) is 0 Å². The van der Waals surface area contributed by atoms with Crippen LogP contribution in [0.15, 0.2) is 0 Å². The van der Waals surface area contributed by atoms with Crippen LogP contribution in [-0.4, -0.2) is 51.9 Å². The summed E-state index contributed by atoms with van der Waals surface area (Å²) >= 11 is 0. The van der Waals surface area contributed by atoms with E-state index < -0.39 is 30.0 Å². The molecule has 0 aromatic heterocycles. The number of carbonyl (C=O) groups is 3. The molecule has 0 heterocycles. The highest BCUT2D eigenvalue weighted by Crippen LogP contribution is 1.99. The number of carbonyl (C=O) groups excluding carboxylic acids is 1. The molecule has 0 aliphatic heterocycles. The van der Waals surface area contributed by atoms with E-state index in [2.05, 4.69) is 5.32 Å². The Morgan fingerprint density at radius 3 is 2.24 bits per heavy atom. The van der Waals surface area contributed by atoms with Crippen LogP contribution in [0, 0.1) is 0 Å². The Morgan fingerprint density at radius 2 is 1.82 bits per heavy atom. The molecule has 0 saturated carbocycles. The number of amides is 1. The summed E-state index contributed by atoms with van der Waals surface area (Å²) in [5.41, 5.74) is 5.09. The first-order chi connectivity index (χ1) is 7.86. The van der Waals surface area contributed by atoms with E-state index in [1.54, 1.807) is 0 Å². The van der Waals surface area contributed by atoms with Gasteiger partial charge < -0.3 is 26.4 Å². The van der Waals surface area contributed by atoms with Crippen LogP contribution < -0.4 is 11.1 Å². The van der Waals surface area contributed by atoms with E-state index in [4.69, 9.17) is 21.1 Å². The number of hydrogen-bond donors (Lipinski definition) is 5. The summed E-state index contributed by atoms with van der Waals surface area (Å²) in [5, 5.41) is 28.3. The fraction of sp³-hybridized carbons (Fsp3) is 0.667. The molecular formula is C9H16N2O6. The lowest BCUT2D eigenvalue weighted by Crippen LogP contribution is -2.42. The van der Waals surface area contributed by atoms with Gasteiger partial charge in [0.25, 0.3) is 0 Å². The first-order valence-corrected chi connectivity index (χ1v) is 4.99. The minimum atomic E-state index is -1.32. The SMILES string of the molecule is NCC(O)CC(=O)N[C@H](CCC(=O)O)C(=O)O. The van der Waals surface area contributed by atoms with Crippen LogP contribution in [-0.2, 0) is 14.4 Å². The zero-order valence-electron chi connectivity index (χ0n) is 9.13. The maximum atomic E-state index is 11.2. The Morgan fingerprint density at radius 1 is 1.24 bits per heavy atom. The van der Waals surface area contributed by atoms with Crippen LogP contribution in [0.3, 0.4) is 0 Å². The lowest BCUT2D eigenvalue weighted by Gasteiger charge is -2.14. The third-order valence-electron chi connectivity index (χ3n) is 1.97. The smallest absolute Gasteiger partial charge is 0.326 e. The summed E-state index contributed by atoms with van der Waals surface area (Å²) in [7, 11) is 0. The van der Waals surface area contributed by atoms with Crippen molar-refractivity contribution in [1.82, 2.24) is 5.32 Å². The maximum absolute atomic E-state index is 11.2. The van der Waals surface area contributed by atoms with Crippen molar-refractivity contribution in [2.75, 3.05) is 6.54 Å². The molecular weight excluding hydrogens is 232 g/mol. The highest BCUT2D eigenvalue weighted by molar-refractivity contribution is 5.84. The highest BCUT2D eigenvalue weighted by atomic mass is 16.4. The number of aliphatic hydroxyl groups is 1. The first-order valence-electron chi connectivity index (χ1n) is 4.99. The summed E-state index contributed by atoms with van der Waals surface area (Å²) in [4.78, 5) is 32.2. The van der Waals surface area contributed by atoms with Crippen molar-refractivity contribution in [2.24, 2.45) is 5.73 Å². The molecule has 98 valence electrons. The molecule has 17 heavy (non-hydrogen) atoms. The molecule has 2 atom stereocenters. The third kappa shape index (κ3) is 7.25. The Labute approximate surface area is 97.4 Å². The van der Waals surface area contributed by atoms with Crippen molar-refractivity contribution in [1.29, 1.82) is 0 Å². The molecule has 0 aliphatic carbocycles. The highest BCUT2D eigenvalue weighted by Gasteiger charge is 2.21. The van der Waals surface area contributed by atoms with E-state index in [-0.39, 0.29) is 25.8 Å². The Kier molecular flexibility index (Phi) is 6.83. The number of carboxylic acids is 2. The second kappa shape index (κ2) is 7.58. The number of hydrogen-bond acceptors (Lipinski definition) is 5. The van der Waals surface area contributed by atoms with Crippen molar-refractivity contribution in [3.63, 3.8) is 0 Å². The predicted octanol–water partition coefficient (Wildman–Crippen LogP) is -1.87. The number of nitrogens with two attached hydrogens (primary N) is 1. The van der Waals surface area contributed by atoms with Gasteiger partial charge in [-0.15, -0.1) is 0 Å². The molecule has 0 bridgehead atoms. The molecule has 0 aromatic rings. The number of aliphatic hydroxyl groups excluding tert-OH is 1. The van der Waals surface area contributed by atoms with E-state index in [1.807, 2.05) is 0 Å². The molecule has 0 spiro atoms. The number of aliphatic carboxylic acids is 2. The van der Waals surface area contributed by atoms with Gasteiger partial charge in [-0.3, -0.25) is 9.59 Å². The number of carboxylic acid groups (broad SMARTS) is 2. The monoisotopic (exact) mass is 248 g/mol. The van der Waals surface area contributed by atoms with Crippen molar-refractivity contribution in [3.8, 4) is 0 Å². The standard InChI is InChI=1S/C9H16N2O6/c10-4-5(12)3-7(13)11-6(9(16)17)1-2-8(14)15/h5-6,12H,1-4,10H2,(H,11,13)(H,14,15)(H,16,17)/t5?,6-/m1/s1. The van der Waals surface area contributed by atoms with E-state index in [1.165, 1.54) is 0 Å². The van der Waals surface area contributed by atoms with Crippen LogP contribution in [0.25, 0.3) is 0 Å². The summed E-state index contributed by atoms with van der Waals surface area (Å²) in [5.74, 6) is -3.14. The van der Waals surface area contributed by atoms with Gasteiger partial charge in [-0.1, -0.05) is 0 Å². The van der Waals surface area contributed by atoms with Crippen LogP contribution >= 0.6 is 0 Å². The lowest BCUT2D eigenvalue weighted by molar-refractivity contribution is -0.143. The van der Waals surface area contributed by atoms with Gasteiger partial charge in [0.05, 0.1) is 12.5 Å². The normalized spacial score (nSPS) is 13.8. The van der Waals surface area contributed by atoms with Gasteiger partial charge in [0, 0.05) is 13.0 Å². The second-order valence-electron chi connectivity index (χ2n) is 3.48. The van der Waals surface area contributed by atoms with Gasteiger partial charge in [-0.05, 0) is 6.42 Å². The summed E-state index contributed by atoms with van der Waals surface area (Å²) < 4.78 is 0. The van der Waals surface area contributed by atoms with Crippen LogP contribution in [0.5, 0.6) is 0 Å². The van der Waals surface area contributed by atoms with Crippen LogP contribution in [0.1, 0.15) is 19.3 Å². The fourth-order valence-corrected chi connectivity index (χ4v) is 1.08. The van der Waals surface area contributed by atoms with E-state index in [9.17, 15) is 14.4 Å². The van der Waals surface area contributed by atoms with Gasteiger partial charge in [0.15, 0.2) is 0 Å². The Hall–Kier alpha value is -1.67. The summed E-state index contributed by atoms with van der Waals surface area (Å²) in [6.07, 6.45) is -1.93. The predicted molar refractivity (Wildman–Crippen MR) is 56.1 cm³/mol. The Balaban J connectivity index is 4.20. The molecule has 0 aliphatic rings. The van der Waals surface area contributed by atoms with Gasteiger partial charge in [0.1, 0.15) is 6.04 Å². The number of nitrogens with one attached hydrogen (secondary N) is 1. The number of rotatable bonds is 8. The van der Waals surface area contributed by atoms with E-state index in [0.717, 1.165) is 0 Å². The zero-order valence-corrected chi connectivity index (χ0v) is 9.13. The minimum Gasteiger partial charge on any atom is -0.481 e. The molecule has 8 heteroatoms. The molecule has 0 aromatic carbocycles. The van der Waals surface area contributed by atoms with E-state index >= 15 is 0 Å². The largest absolute Gasteiger partial charge is 0.481 e. The maximum Gasteiger partial charge on any atom is 0.326 e. The molecule has 1 amide bonds. The molecule has 0 saturated heterocycles. The zero-order chi connectivity index (χ0) is 13.4. The van der Waals surface area contributed by atoms with Crippen LogP contribution in [0.4, 0.5) is 0 Å². The quantitative estimate of drug-likeness (QED) is 0.337. The van der Waals surface area contributed by atoms with E-state index in [0.29, 0.717) is 0 Å². The van der Waals surface area contributed by atoms with Crippen molar-refractivity contribution >= 4 is 17.8 Å². The third-order valence-corrected chi connectivity index (χ3v) is 1.97. The summed E-state index contributed by atoms with van der Waals surface area (Å²) in [6, 6.07) is -1.27.